The van der Waals surface area contributed by atoms with E-state index in [9.17, 15) is 48.6 Å². The number of nitrogens with two attached hydrogens (primary N) is 1. The fourth-order valence-corrected chi connectivity index (χ4v) is 9.47. The van der Waals surface area contributed by atoms with E-state index in [4.69, 9.17) is 29.0 Å². The predicted octanol–water partition coefficient (Wildman–Crippen LogP) is 8.83. The van der Waals surface area contributed by atoms with Gasteiger partial charge in [0, 0.05) is 19.0 Å². The minimum atomic E-state index is -5.44. The van der Waals surface area contributed by atoms with Crippen LogP contribution in [0.5, 0.6) is 0 Å². The van der Waals surface area contributed by atoms with Gasteiger partial charge in [-0.05, 0) is 50.5 Å². The lowest BCUT2D eigenvalue weighted by Gasteiger charge is -2.21. The molecule has 1 aromatic rings. The highest BCUT2D eigenvalue weighted by Crippen LogP contribution is 2.60. The van der Waals surface area contributed by atoms with Crippen LogP contribution in [0, 0.1) is 5.92 Å². The van der Waals surface area contributed by atoms with Crippen LogP contribution < -0.4 is 11.4 Å². The van der Waals surface area contributed by atoms with Gasteiger partial charge in [0.1, 0.15) is 30.7 Å². The van der Waals surface area contributed by atoms with Crippen LogP contribution >= 0.6 is 15.6 Å². The Balaban J connectivity index is 1.82. The predicted molar refractivity (Wildman–Crippen MR) is 262 cm³/mol. The second kappa shape index (κ2) is 35.9. The molecule has 69 heavy (non-hydrogen) atoms. The molecule has 0 aliphatic carbocycles. The number of allylic oxidation sites excluding steroid dienone is 4. The minimum absolute atomic E-state index is 0.00441. The van der Waals surface area contributed by atoms with E-state index in [2.05, 4.69) is 23.1 Å². The van der Waals surface area contributed by atoms with Gasteiger partial charge in [-0.25, -0.2) is 13.9 Å². The molecule has 396 valence electrons. The van der Waals surface area contributed by atoms with Gasteiger partial charge in [-0.1, -0.05) is 154 Å². The number of nitrogens with zero attached hydrogens (tertiary/aromatic N) is 2. The third kappa shape index (κ3) is 29.8. The van der Waals surface area contributed by atoms with E-state index in [1.54, 1.807) is 6.08 Å². The number of ether oxygens (including phenoxy) is 3. The summed E-state index contributed by atoms with van der Waals surface area (Å²) in [5.74, 6) is -0.577. The molecule has 0 spiro atoms. The summed E-state index contributed by atoms with van der Waals surface area (Å²) in [5.41, 5.74) is 4.58. The third-order valence-corrected chi connectivity index (χ3v) is 13.8. The molecule has 19 nitrogen and oxygen atoms in total. The van der Waals surface area contributed by atoms with Crippen LogP contribution in [0.3, 0.4) is 0 Å². The monoisotopic (exact) mass is 1020 g/mol. The zero-order valence-corrected chi connectivity index (χ0v) is 42.9. The molecular formula is C48H83N3O16P2. The number of carbonyl (C=O) groups is 2. The van der Waals surface area contributed by atoms with Crippen LogP contribution in [0.15, 0.2) is 53.5 Å². The summed E-state index contributed by atoms with van der Waals surface area (Å²) in [6.07, 6.45) is 25.6. The molecular weight excluding hydrogens is 936 g/mol. The summed E-state index contributed by atoms with van der Waals surface area (Å²) >= 11 is 0. The molecule has 8 atom stereocenters. The Kier molecular flexibility index (Phi) is 32.3. The second-order valence-corrected chi connectivity index (χ2v) is 21.0. The van der Waals surface area contributed by atoms with Gasteiger partial charge in [0.05, 0.1) is 19.3 Å². The summed E-state index contributed by atoms with van der Waals surface area (Å²) in [6, 6.07) is 1.24. The van der Waals surface area contributed by atoms with Gasteiger partial charge in [0.25, 0.3) is 0 Å². The Labute approximate surface area is 409 Å². The summed E-state index contributed by atoms with van der Waals surface area (Å²) < 4.78 is 56.7. The molecule has 1 fully saturated rings. The highest BCUT2D eigenvalue weighted by Gasteiger charge is 2.46. The summed E-state index contributed by atoms with van der Waals surface area (Å²) in [5, 5.41) is 30.8. The molecule has 21 heteroatoms. The Bertz CT molecular complexity index is 1830. The number of anilines is 1. The number of aliphatic hydroxyl groups is 3. The Morgan fingerprint density at radius 1 is 0.797 bits per heavy atom. The number of nitrogen functional groups attached to an aromatic ring is 1. The number of aliphatic hydroxyl groups excluding tert-OH is 3. The Morgan fingerprint density at radius 3 is 1.99 bits per heavy atom. The smallest absolute Gasteiger partial charge is 0.462 e. The fraction of sp³-hybridized carbons (Fsp3) is 0.750. The van der Waals surface area contributed by atoms with E-state index in [1.165, 1.54) is 57.4 Å². The summed E-state index contributed by atoms with van der Waals surface area (Å²) in [7, 11) is -10.9. The number of esters is 2. The number of phosphoric acid groups is 2. The van der Waals surface area contributed by atoms with E-state index in [0.29, 0.717) is 19.3 Å². The van der Waals surface area contributed by atoms with Gasteiger partial charge >= 0.3 is 33.3 Å². The minimum Gasteiger partial charge on any atom is -0.462 e. The fourth-order valence-electron chi connectivity index (χ4n) is 7.36. The molecule has 0 bridgehead atoms. The topological polar surface area (TPSA) is 286 Å². The van der Waals surface area contributed by atoms with Crippen molar-refractivity contribution in [1.82, 2.24) is 9.55 Å². The average Bonchev–Trinajstić information content (AvgIpc) is 3.56. The van der Waals surface area contributed by atoms with Gasteiger partial charge in [-0.2, -0.15) is 9.29 Å². The number of hydrogen-bond acceptors (Lipinski definition) is 16. The van der Waals surface area contributed by atoms with Gasteiger partial charge in [0.2, 0.25) is 0 Å². The SMILES string of the molecule is CC/C=C/CC(O)/C=C/C=C/CCCCCCCC(=O)O[C@H](COC(=O)CCCCCCCCCCCCCCC(C)C)COP(=O)(O)OP(=O)(O)OC[C@H]1O[C@@H](n2ccc(N)nc2=O)[C@H](O)[C@@H]1O. The molecule has 0 amide bonds. The van der Waals surface area contributed by atoms with Crippen LogP contribution in [0.25, 0.3) is 0 Å². The number of rotatable bonds is 40. The van der Waals surface area contributed by atoms with Crippen LogP contribution in [-0.2, 0) is 46.3 Å². The van der Waals surface area contributed by atoms with Gasteiger partial charge in [-0.15, -0.1) is 0 Å². The van der Waals surface area contributed by atoms with Crippen molar-refractivity contribution in [1.29, 1.82) is 0 Å². The van der Waals surface area contributed by atoms with Crippen LogP contribution in [-0.4, -0.2) is 96.9 Å². The average molecular weight is 1020 g/mol. The standard InChI is InChI=1S/C48H83N3O16P2/c1-4-5-23-29-39(52)30-25-20-16-12-10-14-18-22-27-32-44(54)65-40(35-62-43(53)31-26-21-17-13-9-7-6-8-11-15-19-24-28-38(2)3)36-63-68(58,59)67-69(60,61)64-37-41-45(55)46(56)47(66-41)51-34-33-42(49)50-48(51)57/h5,16,20,23,25,30,33-34,38-41,45-47,52,55-56H,4,6-15,17-19,21-22,24,26-29,31-32,35-37H2,1-3H3,(H,58,59)(H,60,61)(H2,49,50,57)/b20-16+,23-5+,30-25+/t39?,40-,41-,45-,46-,47-/m1/s1. The van der Waals surface area contributed by atoms with E-state index in [-0.39, 0.29) is 18.7 Å². The molecule has 1 aromatic heterocycles. The van der Waals surface area contributed by atoms with Crippen molar-refractivity contribution in [3.05, 3.63) is 59.2 Å². The highest BCUT2D eigenvalue weighted by molar-refractivity contribution is 7.61. The maximum Gasteiger partial charge on any atom is 0.481 e. The highest BCUT2D eigenvalue weighted by atomic mass is 31.3. The summed E-state index contributed by atoms with van der Waals surface area (Å²) in [4.78, 5) is 61.9. The van der Waals surface area contributed by atoms with Crippen molar-refractivity contribution in [2.75, 3.05) is 25.6 Å². The molecule has 2 rings (SSSR count). The van der Waals surface area contributed by atoms with Crippen molar-refractivity contribution < 1.29 is 71.4 Å². The third-order valence-electron chi connectivity index (χ3n) is 11.2. The molecule has 1 aliphatic heterocycles. The van der Waals surface area contributed by atoms with Gasteiger partial charge in [0.15, 0.2) is 12.3 Å². The first-order valence-electron chi connectivity index (χ1n) is 25.0. The summed E-state index contributed by atoms with van der Waals surface area (Å²) in [6.45, 7) is 4.22. The van der Waals surface area contributed by atoms with E-state index in [0.717, 1.165) is 80.9 Å². The molecule has 0 saturated carbocycles. The molecule has 1 saturated heterocycles. The van der Waals surface area contributed by atoms with Crippen molar-refractivity contribution in [3.63, 3.8) is 0 Å². The quantitative estimate of drug-likeness (QED) is 0.0118. The number of aromatic nitrogens is 2. The second-order valence-electron chi connectivity index (χ2n) is 18.0. The number of carbonyl (C=O) groups excluding carboxylic acids is 2. The van der Waals surface area contributed by atoms with E-state index < -0.39 is 89.8 Å². The lowest BCUT2D eigenvalue weighted by Crippen LogP contribution is -2.36. The van der Waals surface area contributed by atoms with Crippen molar-refractivity contribution >= 4 is 33.4 Å². The molecule has 2 heterocycles. The van der Waals surface area contributed by atoms with Crippen molar-refractivity contribution in [3.8, 4) is 0 Å². The van der Waals surface area contributed by atoms with E-state index >= 15 is 0 Å². The maximum absolute atomic E-state index is 12.8. The first-order chi connectivity index (χ1) is 32.9. The van der Waals surface area contributed by atoms with E-state index in [1.807, 2.05) is 37.3 Å². The van der Waals surface area contributed by atoms with Crippen molar-refractivity contribution in [2.45, 2.75) is 205 Å². The number of unbranched alkanes of at least 4 members (excludes halogenated alkanes) is 16. The first-order valence-corrected chi connectivity index (χ1v) is 28.0. The van der Waals surface area contributed by atoms with Crippen LogP contribution in [0.1, 0.15) is 175 Å². The Morgan fingerprint density at radius 2 is 1.38 bits per heavy atom. The van der Waals surface area contributed by atoms with Crippen LogP contribution in [0.2, 0.25) is 0 Å². The van der Waals surface area contributed by atoms with Crippen molar-refractivity contribution in [2.24, 2.45) is 5.92 Å². The van der Waals surface area contributed by atoms with Gasteiger partial charge < -0.3 is 45.1 Å². The molecule has 1 aliphatic rings. The molecule has 7 N–H and O–H groups in total. The Hall–Kier alpha value is -3.06. The molecule has 0 aromatic carbocycles. The number of hydrogen-bond donors (Lipinski definition) is 6. The molecule has 3 unspecified atom stereocenters. The van der Waals surface area contributed by atoms with Gasteiger partial charge in [-0.3, -0.25) is 23.2 Å². The normalized spacial score (nSPS) is 20.2. The first kappa shape index (κ1) is 62.1. The maximum atomic E-state index is 12.8. The zero-order valence-electron chi connectivity index (χ0n) is 41.1. The lowest BCUT2D eigenvalue weighted by molar-refractivity contribution is -0.161. The number of phosphoric ester groups is 2. The van der Waals surface area contributed by atoms with Crippen LogP contribution in [0.4, 0.5) is 5.82 Å². The molecule has 0 radical (unpaired) electrons. The lowest BCUT2D eigenvalue weighted by atomic mass is 10.0. The largest absolute Gasteiger partial charge is 0.481 e. The zero-order chi connectivity index (χ0) is 50.9.